The van der Waals surface area contributed by atoms with Crippen LogP contribution in [0.4, 0.5) is 0 Å². The van der Waals surface area contributed by atoms with Gasteiger partial charge in [-0.15, -0.1) is 0 Å². The summed E-state index contributed by atoms with van der Waals surface area (Å²) in [4.78, 5) is 13.3. The first kappa shape index (κ1) is 21.4. The summed E-state index contributed by atoms with van der Waals surface area (Å²) in [5, 5.41) is 1.65. The molecule has 1 fully saturated rings. The van der Waals surface area contributed by atoms with Crippen LogP contribution in [0.5, 0.6) is 11.5 Å². The molecule has 1 heterocycles. The Kier molecular flexibility index (Phi) is 6.33. The number of pyridine rings is 1. The van der Waals surface area contributed by atoms with Crippen LogP contribution in [-0.4, -0.2) is 23.8 Å². The highest BCUT2D eigenvalue weighted by atomic mass is 16.5. The molecule has 4 rings (SSSR count). The summed E-state index contributed by atoms with van der Waals surface area (Å²) in [7, 11) is 1.65. The van der Waals surface area contributed by atoms with E-state index in [9.17, 15) is 4.79 Å². The lowest BCUT2D eigenvalue weighted by Gasteiger charge is -2.28. The second-order valence-corrected chi connectivity index (χ2v) is 8.88. The van der Waals surface area contributed by atoms with Crippen molar-refractivity contribution >= 4 is 10.8 Å². The smallest absolute Gasteiger partial charge is 0.258 e. The lowest BCUT2D eigenvalue weighted by molar-refractivity contribution is 0.145. The van der Waals surface area contributed by atoms with Crippen molar-refractivity contribution < 1.29 is 9.47 Å². The van der Waals surface area contributed by atoms with Crippen molar-refractivity contribution in [2.24, 2.45) is 5.73 Å². The fourth-order valence-corrected chi connectivity index (χ4v) is 4.32. The first-order chi connectivity index (χ1) is 14.9. The molecule has 164 valence electrons. The second-order valence-electron chi connectivity index (χ2n) is 8.88. The Hall–Kier alpha value is -2.79. The Morgan fingerprint density at radius 1 is 1.06 bits per heavy atom. The van der Waals surface area contributed by atoms with E-state index < -0.39 is 0 Å². The highest BCUT2D eigenvalue weighted by Gasteiger charge is 2.22. The molecule has 0 aliphatic heterocycles. The van der Waals surface area contributed by atoms with Gasteiger partial charge in [-0.1, -0.05) is 26.0 Å². The van der Waals surface area contributed by atoms with Gasteiger partial charge < -0.3 is 19.8 Å². The molecule has 0 spiro atoms. The van der Waals surface area contributed by atoms with Crippen molar-refractivity contribution in [2.45, 2.75) is 64.1 Å². The maximum atomic E-state index is 13.3. The van der Waals surface area contributed by atoms with Crippen LogP contribution in [0.1, 0.15) is 56.6 Å². The first-order valence-corrected chi connectivity index (χ1v) is 11.2. The van der Waals surface area contributed by atoms with E-state index >= 15 is 0 Å². The van der Waals surface area contributed by atoms with Crippen LogP contribution in [0.25, 0.3) is 10.8 Å². The van der Waals surface area contributed by atoms with Crippen LogP contribution in [0, 0.1) is 0 Å². The molecule has 1 aliphatic rings. The average Bonchev–Trinajstić information content (AvgIpc) is 2.77. The van der Waals surface area contributed by atoms with Gasteiger partial charge in [0.2, 0.25) is 0 Å². The largest absolute Gasteiger partial charge is 0.497 e. The van der Waals surface area contributed by atoms with Gasteiger partial charge in [0.1, 0.15) is 11.5 Å². The van der Waals surface area contributed by atoms with E-state index in [2.05, 4.69) is 13.8 Å². The lowest BCUT2D eigenvalue weighted by atomic mass is 9.93. The third-order valence-corrected chi connectivity index (χ3v) is 6.25. The minimum absolute atomic E-state index is 0.0189. The standard InChI is InChI=1S/C26H32N2O3/c1-17(2)23-15-24-19(14-25(23)31-22-10-6-20(27)7-11-22)12-13-28(26(24)29)16-18-4-8-21(30-3)9-5-18/h4-5,8-9,12-15,17,20,22H,6-7,10-11,16,27H2,1-3H3. The Bertz CT molecular complexity index is 1090. The quantitative estimate of drug-likeness (QED) is 0.620. The number of hydrogen-bond acceptors (Lipinski definition) is 4. The molecule has 0 bridgehead atoms. The third-order valence-electron chi connectivity index (χ3n) is 6.25. The Balaban J connectivity index is 1.65. The summed E-state index contributed by atoms with van der Waals surface area (Å²) >= 11 is 0. The number of nitrogens with zero attached hydrogens (tertiary/aromatic N) is 1. The zero-order valence-corrected chi connectivity index (χ0v) is 18.6. The molecule has 31 heavy (non-hydrogen) atoms. The van der Waals surface area contributed by atoms with Gasteiger partial charge in [-0.05, 0) is 78.4 Å². The molecular formula is C26H32N2O3. The van der Waals surface area contributed by atoms with Gasteiger partial charge in [0, 0.05) is 17.6 Å². The Morgan fingerprint density at radius 3 is 2.42 bits per heavy atom. The maximum Gasteiger partial charge on any atom is 0.258 e. The molecule has 0 amide bonds. The van der Waals surface area contributed by atoms with Crippen LogP contribution in [0.3, 0.4) is 0 Å². The van der Waals surface area contributed by atoms with Crippen LogP contribution in [0.15, 0.2) is 53.5 Å². The predicted octanol–water partition coefficient (Wildman–Crippen LogP) is 4.83. The van der Waals surface area contributed by atoms with Crippen LogP contribution >= 0.6 is 0 Å². The SMILES string of the molecule is COc1ccc(Cn2ccc3cc(OC4CCC(N)CC4)c(C(C)C)cc3c2=O)cc1. The van der Waals surface area contributed by atoms with Crippen molar-refractivity contribution in [3.8, 4) is 11.5 Å². The van der Waals surface area contributed by atoms with Gasteiger partial charge in [0.15, 0.2) is 0 Å². The van der Waals surface area contributed by atoms with Crippen molar-refractivity contribution in [3.63, 3.8) is 0 Å². The highest BCUT2D eigenvalue weighted by Crippen LogP contribution is 2.33. The molecule has 1 aliphatic carbocycles. The number of methoxy groups -OCH3 is 1. The summed E-state index contributed by atoms with van der Waals surface area (Å²) in [5.74, 6) is 1.97. The number of fused-ring (bicyclic) bond motifs is 1. The van der Waals surface area contributed by atoms with E-state index in [1.54, 1.807) is 11.7 Å². The molecule has 2 aromatic carbocycles. The molecular weight excluding hydrogens is 388 g/mol. The van der Waals surface area contributed by atoms with Crippen molar-refractivity contribution in [1.29, 1.82) is 0 Å². The maximum absolute atomic E-state index is 13.3. The Morgan fingerprint density at radius 2 is 1.77 bits per heavy atom. The molecule has 0 atom stereocenters. The van der Waals surface area contributed by atoms with E-state index in [1.807, 2.05) is 48.7 Å². The van der Waals surface area contributed by atoms with Gasteiger partial charge in [0.25, 0.3) is 5.56 Å². The van der Waals surface area contributed by atoms with E-state index in [1.165, 1.54) is 0 Å². The molecule has 0 saturated heterocycles. The van der Waals surface area contributed by atoms with Gasteiger partial charge in [0.05, 0.1) is 19.8 Å². The number of hydrogen-bond donors (Lipinski definition) is 1. The fourth-order valence-electron chi connectivity index (χ4n) is 4.32. The molecule has 3 aromatic rings. The van der Waals surface area contributed by atoms with Crippen molar-refractivity contribution in [2.75, 3.05) is 7.11 Å². The Labute approximate surface area is 183 Å². The highest BCUT2D eigenvalue weighted by molar-refractivity contribution is 5.84. The lowest BCUT2D eigenvalue weighted by Crippen LogP contribution is -2.31. The number of nitrogens with two attached hydrogens (primary N) is 1. The van der Waals surface area contributed by atoms with Crippen molar-refractivity contribution in [3.05, 3.63) is 70.1 Å². The zero-order valence-electron chi connectivity index (χ0n) is 18.6. The van der Waals surface area contributed by atoms with Crippen LogP contribution in [-0.2, 0) is 6.54 Å². The van der Waals surface area contributed by atoms with Gasteiger partial charge >= 0.3 is 0 Å². The summed E-state index contributed by atoms with van der Waals surface area (Å²) in [6.45, 7) is 4.81. The number of ether oxygens (including phenoxy) is 2. The molecule has 1 saturated carbocycles. The summed E-state index contributed by atoms with van der Waals surface area (Å²) in [6, 6.07) is 14.2. The van der Waals surface area contributed by atoms with Gasteiger partial charge in [-0.3, -0.25) is 4.79 Å². The summed E-state index contributed by atoms with van der Waals surface area (Å²) in [5.41, 5.74) is 8.21. The second kappa shape index (κ2) is 9.15. The van der Waals surface area contributed by atoms with Crippen LogP contribution < -0.4 is 20.8 Å². The number of rotatable bonds is 6. The van der Waals surface area contributed by atoms with Gasteiger partial charge in [-0.25, -0.2) is 0 Å². The minimum atomic E-state index is 0.0189. The molecule has 0 radical (unpaired) electrons. The molecule has 5 heteroatoms. The summed E-state index contributed by atoms with van der Waals surface area (Å²) < 4.78 is 13.4. The van der Waals surface area contributed by atoms with E-state index in [4.69, 9.17) is 15.2 Å². The number of aromatic nitrogens is 1. The molecule has 5 nitrogen and oxygen atoms in total. The molecule has 0 unspecified atom stereocenters. The van der Waals surface area contributed by atoms with Gasteiger partial charge in [-0.2, -0.15) is 0 Å². The molecule has 2 N–H and O–H groups in total. The third kappa shape index (κ3) is 4.77. The van der Waals surface area contributed by atoms with Crippen LogP contribution in [0.2, 0.25) is 0 Å². The normalized spacial score (nSPS) is 19.0. The first-order valence-electron chi connectivity index (χ1n) is 11.2. The average molecular weight is 421 g/mol. The fraction of sp³-hybridized carbons (Fsp3) is 0.423. The van der Waals surface area contributed by atoms with Crippen molar-refractivity contribution in [1.82, 2.24) is 4.57 Å². The molecule has 1 aromatic heterocycles. The van der Waals surface area contributed by atoms with E-state index in [0.717, 1.165) is 59.1 Å². The number of benzene rings is 2. The monoisotopic (exact) mass is 420 g/mol. The zero-order chi connectivity index (χ0) is 22.0. The predicted molar refractivity (Wildman–Crippen MR) is 125 cm³/mol. The van der Waals surface area contributed by atoms with E-state index in [0.29, 0.717) is 12.6 Å². The topological polar surface area (TPSA) is 66.5 Å². The minimum Gasteiger partial charge on any atom is -0.497 e. The van der Waals surface area contributed by atoms with E-state index in [-0.39, 0.29) is 17.6 Å². The summed E-state index contributed by atoms with van der Waals surface area (Å²) in [6.07, 6.45) is 6.05.